The van der Waals surface area contributed by atoms with E-state index in [9.17, 15) is 4.79 Å². The van der Waals surface area contributed by atoms with Gasteiger partial charge in [-0.2, -0.15) is 0 Å². The summed E-state index contributed by atoms with van der Waals surface area (Å²) in [6.45, 7) is 2.78. The van der Waals surface area contributed by atoms with Crippen LogP contribution >= 0.6 is 0 Å². The third-order valence-corrected chi connectivity index (χ3v) is 5.93. The molecule has 0 unspecified atom stereocenters. The summed E-state index contributed by atoms with van der Waals surface area (Å²) in [6.07, 6.45) is 8.81. The number of hydrogen-bond acceptors (Lipinski definition) is 4. The molecule has 0 atom stereocenters. The average molecular weight is 360 g/mol. The second-order valence-corrected chi connectivity index (χ2v) is 7.51. The van der Waals surface area contributed by atoms with Gasteiger partial charge in [0.1, 0.15) is 17.0 Å². The third kappa shape index (κ3) is 4.14. The predicted molar refractivity (Wildman–Crippen MR) is 103 cm³/mol. The Labute approximate surface area is 157 Å². The molecule has 1 aliphatic heterocycles. The fourth-order valence-corrected chi connectivity index (χ4v) is 4.46. The molecule has 1 heterocycles. The highest BCUT2D eigenvalue weighted by Gasteiger charge is 2.45. The van der Waals surface area contributed by atoms with Crippen molar-refractivity contribution in [2.45, 2.75) is 56.9 Å². The van der Waals surface area contributed by atoms with Gasteiger partial charge in [-0.05, 0) is 62.9 Å². The van der Waals surface area contributed by atoms with Gasteiger partial charge >= 0.3 is 0 Å². The molecule has 1 aromatic rings. The van der Waals surface area contributed by atoms with E-state index in [1.807, 2.05) is 18.2 Å². The van der Waals surface area contributed by atoms with Crippen molar-refractivity contribution in [3.8, 4) is 11.5 Å². The van der Waals surface area contributed by atoms with Crippen molar-refractivity contribution in [2.24, 2.45) is 0 Å². The van der Waals surface area contributed by atoms with Crippen molar-refractivity contribution in [1.29, 1.82) is 0 Å². The molecule has 1 saturated heterocycles. The smallest absolute Gasteiger partial charge is 0.240 e. The van der Waals surface area contributed by atoms with Gasteiger partial charge in [-0.15, -0.1) is 0 Å². The van der Waals surface area contributed by atoms with Gasteiger partial charge in [0.15, 0.2) is 0 Å². The first-order valence-corrected chi connectivity index (χ1v) is 9.93. The number of hydrogen-bond donors (Lipinski definition) is 1. The molecule has 1 amide bonds. The number of carbonyl (C=O) groups excluding carboxylic acids is 1. The molecule has 1 aromatic carbocycles. The fourth-order valence-electron chi connectivity index (χ4n) is 4.46. The topological polar surface area (TPSA) is 50.8 Å². The minimum atomic E-state index is -0.263. The first-order valence-electron chi connectivity index (χ1n) is 9.93. The van der Waals surface area contributed by atoms with Gasteiger partial charge in [-0.3, -0.25) is 9.69 Å². The number of amides is 1. The highest BCUT2D eigenvalue weighted by atomic mass is 16.5. The van der Waals surface area contributed by atoms with E-state index in [1.165, 1.54) is 19.3 Å². The maximum Gasteiger partial charge on any atom is 0.240 e. The molecule has 1 aliphatic carbocycles. The number of nitrogens with one attached hydrogen (secondary N) is 1. The molecule has 2 fully saturated rings. The number of likely N-dealkylation sites (tertiary alicyclic amines) is 1. The number of benzene rings is 1. The Balaban J connectivity index is 1.62. The summed E-state index contributed by atoms with van der Waals surface area (Å²) in [5.41, 5.74) is 0.848. The number of rotatable bonds is 7. The van der Waals surface area contributed by atoms with E-state index in [1.54, 1.807) is 14.2 Å². The van der Waals surface area contributed by atoms with E-state index >= 15 is 0 Å². The zero-order chi connectivity index (χ0) is 18.4. The van der Waals surface area contributed by atoms with Crippen molar-refractivity contribution in [1.82, 2.24) is 10.2 Å². The second-order valence-electron chi connectivity index (χ2n) is 7.51. The van der Waals surface area contributed by atoms with Crippen LogP contribution in [0.15, 0.2) is 18.2 Å². The van der Waals surface area contributed by atoms with Crippen LogP contribution in [0.5, 0.6) is 11.5 Å². The summed E-state index contributed by atoms with van der Waals surface area (Å²) >= 11 is 0. The lowest BCUT2D eigenvalue weighted by Gasteiger charge is -2.43. The van der Waals surface area contributed by atoms with Gasteiger partial charge < -0.3 is 14.8 Å². The molecule has 0 radical (unpaired) electrons. The lowest BCUT2D eigenvalue weighted by Crippen LogP contribution is -2.59. The molecule has 1 saturated carbocycles. The van der Waals surface area contributed by atoms with Crippen LogP contribution in [0.1, 0.15) is 50.5 Å². The van der Waals surface area contributed by atoms with Gasteiger partial charge in [0.2, 0.25) is 5.91 Å². The minimum Gasteiger partial charge on any atom is -0.497 e. The van der Waals surface area contributed by atoms with Crippen molar-refractivity contribution >= 4 is 5.91 Å². The van der Waals surface area contributed by atoms with Crippen LogP contribution in [0.25, 0.3) is 0 Å². The predicted octanol–water partition coefficient (Wildman–Crippen LogP) is 3.16. The first-order chi connectivity index (χ1) is 12.7. The Kier molecular flexibility index (Phi) is 6.41. The van der Waals surface area contributed by atoms with Crippen molar-refractivity contribution in [2.75, 3.05) is 33.9 Å². The van der Waals surface area contributed by atoms with Crippen LogP contribution in [-0.2, 0) is 11.2 Å². The van der Waals surface area contributed by atoms with Gasteiger partial charge in [0.05, 0.1) is 14.2 Å². The normalized spacial score (nSPS) is 19.9. The van der Waals surface area contributed by atoms with Gasteiger partial charge in [-0.1, -0.05) is 19.3 Å². The summed E-state index contributed by atoms with van der Waals surface area (Å²) in [5, 5.41) is 3.23. The summed E-state index contributed by atoms with van der Waals surface area (Å²) in [5.74, 6) is 1.80. The lowest BCUT2D eigenvalue weighted by molar-refractivity contribution is -0.135. The average Bonchev–Trinajstić information content (AvgIpc) is 3.23. The first kappa shape index (κ1) is 19.0. The second kappa shape index (κ2) is 8.76. The summed E-state index contributed by atoms with van der Waals surface area (Å²) in [6, 6.07) is 5.88. The molecule has 2 aliphatic rings. The molecule has 5 heteroatoms. The van der Waals surface area contributed by atoms with Crippen LogP contribution in [-0.4, -0.2) is 50.2 Å². The monoisotopic (exact) mass is 360 g/mol. The number of nitrogens with zero attached hydrogens (tertiary/aromatic N) is 1. The highest BCUT2D eigenvalue weighted by molar-refractivity contribution is 5.86. The fraction of sp³-hybridized carbons (Fsp3) is 0.667. The quantitative estimate of drug-likeness (QED) is 0.811. The maximum atomic E-state index is 13.1. The van der Waals surface area contributed by atoms with E-state index in [4.69, 9.17) is 9.47 Å². The SMILES string of the molecule is COc1cc(CCNC(=O)C2(N3CCCC3)CCCCC2)cc(OC)c1. The zero-order valence-corrected chi connectivity index (χ0v) is 16.2. The Morgan fingerprint density at radius 2 is 1.62 bits per heavy atom. The Hall–Kier alpha value is -1.75. The van der Waals surface area contributed by atoms with E-state index in [0.717, 1.165) is 62.3 Å². The van der Waals surface area contributed by atoms with Crippen molar-refractivity contribution in [3.05, 3.63) is 23.8 Å². The molecule has 1 N–H and O–H groups in total. The summed E-state index contributed by atoms with van der Waals surface area (Å²) in [4.78, 5) is 15.6. The largest absolute Gasteiger partial charge is 0.497 e. The van der Waals surface area contributed by atoms with Gasteiger partial charge in [0, 0.05) is 12.6 Å². The number of methoxy groups -OCH3 is 2. The molecule has 0 bridgehead atoms. The zero-order valence-electron chi connectivity index (χ0n) is 16.2. The lowest BCUT2D eigenvalue weighted by atomic mass is 9.79. The standard InChI is InChI=1S/C21H32N2O3/c1-25-18-14-17(15-19(16-18)26-2)8-11-22-20(24)21(9-4-3-5-10-21)23-12-6-7-13-23/h14-16H,3-13H2,1-2H3,(H,22,24). The number of carbonyl (C=O) groups is 1. The number of ether oxygens (including phenoxy) is 2. The van der Waals surface area contributed by atoms with E-state index in [-0.39, 0.29) is 11.4 Å². The molecular formula is C21H32N2O3. The van der Waals surface area contributed by atoms with Crippen molar-refractivity contribution < 1.29 is 14.3 Å². The van der Waals surface area contributed by atoms with Crippen molar-refractivity contribution in [3.63, 3.8) is 0 Å². The van der Waals surface area contributed by atoms with Crippen LogP contribution in [0, 0.1) is 0 Å². The van der Waals surface area contributed by atoms with Crippen LogP contribution < -0.4 is 14.8 Å². The van der Waals surface area contributed by atoms with Crippen LogP contribution in [0.2, 0.25) is 0 Å². The summed E-state index contributed by atoms with van der Waals surface area (Å²) < 4.78 is 10.7. The van der Waals surface area contributed by atoms with Crippen LogP contribution in [0.4, 0.5) is 0 Å². The van der Waals surface area contributed by atoms with E-state index in [2.05, 4.69) is 10.2 Å². The molecule has 26 heavy (non-hydrogen) atoms. The highest BCUT2D eigenvalue weighted by Crippen LogP contribution is 2.36. The Morgan fingerprint density at radius 1 is 1.00 bits per heavy atom. The third-order valence-electron chi connectivity index (χ3n) is 5.93. The van der Waals surface area contributed by atoms with E-state index < -0.39 is 0 Å². The minimum absolute atomic E-state index is 0.231. The Morgan fingerprint density at radius 3 is 2.19 bits per heavy atom. The van der Waals surface area contributed by atoms with Gasteiger partial charge in [0.25, 0.3) is 0 Å². The molecule has 144 valence electrons. The maximum absolute atomic E-state index is 13.1. The Bertz CT molecular complexity index is 583. The van der Waals surface area contributed by atoms with Gasteiger partial charge in [-0.25, -0.2) is 0 Å². The summed E-state index contributed by atoms with van der Waals surface area (Å²) in [7, 11) is 3.31. The molecule has 0 aromatic heterocycles. The molecule has 3 rings (SSSR count). The molecule has 0 spiro atoms. The van der Waals surface area contributed by atoms with Crippen LogP contribution in [0.3, 0.4) is 0 Å². The molecule has 5 nitrogen and oxygen atoms in total. The van der Waals surface area contributed by atoms with E-state index in [0.29, 0.717) is 6.54 Å². The molecular weight excluding hydrogens is 328 g/mol.